The molecule has 0 N–H and O–H groups in total. The molecule has 1 saturated heterocycles. The monoisotopic (exact) mass is 628 g/mol. The summed E-state index contributed by atoms with van der Waals surface area (Å²) in [4.78, 5) is 2.66. The first kappa shape index (κ1) is 38.6. The lowest BCUT2D eigenvalue weighted by molar-refractivity contribution is 0.171. The molecule has 1 aliphatic rings. The Morgan fingerprint density at radius 2 is 1.13 bits per heavy atom. The second-order valence-corrected chi connectivity index (χ2v) is 14.8. The zero-order valence-electron chi connectivity index (χ0n) is 30.9. The Morgan fingerprint density at radius 3 is 1.67 bits per heavy atom. The first-order valence-corrected chi connectivity index (χ1v) is 20.2. The molecular weight excluding hydrogens is 555 g/mol. The van der Waals surface area contributed by atoms with Gasteiger partial charge in [-0.15, -0.1) is 0 Å². The summed E-state index contributed by atoms with van der Waals surface area (Å²) in [7, 11) is 0. The predicted octanol–water partition coefficient (Wildman–Crippen LogP) is 13.4. The highest BCUT2D eigenvalue weighted by Crippen LogP contribution is 2.27. The Morgan fingerprint density at radius 1 is 0.609 bits per heavy atom. The average Bonchev–Trinajstić information content (AvgIpc) is 3.08. The second kappa shape index (κ2) is 24.3. The molecule has 0 radical (unpaired) electrons. The molecule has 1 heterocycles. The van der Waals surface area contributed by atoms with Crippen molar-refractivity contribution in [3.05, 3.63) is 82.4 Å². The van der Waals surface area contributed by atoms with Crippen LogP contribution in [0.5, 0.6) is 0 Å². The molecule has 0 spiro atoms. The van der Waals surface area contributed by atoms with E-state index in [-0.39, 0.29) is 0 Å². The molecule has 46 heavy (non-hydrogen) atoms. The van der Waals surface area contributed by atoms with Crippen molar-refractivity contribution < 1.29 is 0 Å². The van der Waals surface area contributed by atoms with Gasteiger partial charge in [0, 0.05) is 6.54 Å². The molecule has 0 bridgehead atoms. The third-order valence-electron chi connectivity index (χ3n) is 10.9. The molecule has 3 rings (SSSR count). The molecule has 2 aromatic carbocycles. The number of likely N-dealkylation sites (tertiary alicyclic amines) is 1. The maximum atomic E-state index is 4.53. The van der Waals surface area contributed by atoms with E-state index in [9.17, 15) is 0 Å². The highest BCUT2D eigenvalue weighted by molar-refractivity contribution is 5.39. The fourth-order valence-corrected chi connectivity index (χ4v) is 7.78. The van der Waals surface area contributed by atoms with Crippen LogP contribution in [0.1, 0.15) is 177 Å². The molecule has 0 aliphatic carbocycles. The lowest BCUT2D eigenvalue weighted by Crippen LogP contribution is -2.33. The molecule has 1 fully saturated rings. The molecule has 0 atom stereocenters. The van der Waals surface area contributed by atoms with Crippen molar-refractivity contribution in [2.45, 2.75) is 181 Å². The summed E-state index contributed by atoms with van der Waals surface area (Å²) in [5.41, 5.74) is 9.35. The van der Waals surface area contributed by atoms with Crippen LogP contribution in [0.15, 0.2) is 54.6 Å². The van der Waals surface area contributed by atoms with Crippen molar-refractivity contribution in [3.8, 4) is 0 Å². The Bertz CT molecular complexity index is 1040. The van der Waals surface area contributed by atoms with Gasteiger partial charge in [0.05, 0.1) is 0 Å². The van der Waals surface area contributed by atoms with Crippen LogP contribution in [0.2, 0.25) is 0 Å². The number of rotatable bonds is 26. The number of piperidine rings is 1. The van der Waals surface area contributed by atoms with Gasteiger partial charge >= 0.3 is 0 Å². The van der Waals surface area contributed by atoms with E-state index in [2.05, 4.69) is 74.7 Å². The first-order chi connectivity index (χ1) is 22.6. The Hall–Kier alpha value is -1.86. The minimum atomic E-state index is 0.904. The zero-order valence-corrected chi connectivity index (χ0v) is 30.9. The fraction of sp³-hybridized carbons (Fsp3) is 0.689. The smallest absolute Gasteiger partial charge is 0.0233 e. The van der Waals surface area contributed by atoms with Gasteiger partial charge in [-0.3, -0.25) is 4.90 Å². The van der Waals surface area contributed by atoms with Gasteiger partial charge in [-0.05, 0) is 111 Å². The van der Waals surface area contributed by atoms with E-state index in [1.54, 1.807) is 22.3 Å². The summed E-state index contributed by atoms with van der Waals surface area (Å²) in [5.74, 6) is 0.904. The van der Waals surface area contributed by atoms with Crippen LogP contribution in [0.4, 0.5) is 0 Å². The van der Waals surface area contributed by atoms with Crippen molar-refractivity contribution in [3.63, 3.8) is 0 Å². The van der Waals surface area contributed by atoms with E-state index in [0.29, 0.717) is 0 Å². The SMILES string of the molecule is C=C(CCCCCCCCCCCCCCCC)CCc1cc(CC)c(CC)cc1CCCC1CCN(Cc2ccccc2)CC1. The van der Waals surface area contributed by atoms with Gasteiger partial charge < -0.3 is 0 Å². The van der Waals surface area contributed by atoms with Gasteiger partial charge in [-0.2, -0.15) is 0 Å². The summed E-state index contributed by atoms with van der Waals surface area (Å²) in [6.45, 7) is 15.1. The molecule has 258 valence electrons. The maximum absolute atomic E-state index is 4.53. The lowest BCUT2D eigenvalue weighted by atomic mass is 9.87. The number of unbranched alkanes of at least 4 members (excludes halogenated alkanes) is 13. The number of hydrogen-bond acceptors (Lipinski definition) is 1. The van der Waals surface area contributed by atoms with Crippen molar-refractivity contribution in [1.82, 2.24) is 4.90 Å². The van der Waals surface area contributed by atoms with E-state index in [1.165, 1.54) is 165 Å². The van der Waals surface area contributed by atoms with Crippen molar-refractivity contribution in [2.75, 3.05) is 13.1 Å². The molecular formula is C45H73N. The molecule has 1 nitrogen and oxygen atoms in total. The molecule has 0 saturated carbocycles. The minimum absolute atomic E-state index is 0.904. The van der Waals surface area contributed by atoms with Crippen molar-refractivity contribution in [1.29, 1.82) is 0 Å². The number of hydrogen-bond donors (Lipinski definition) is 0. The molecule has 2 aromatic rings. The van der Waals surface area contributed by atoms with Crippen LogP contribution in [0.3, 0.4) is 0 Å². The summed E-state index contributed by atoms with van der Waals surface area (Å²) in [5, 5.41) is 0. The zero-order chi connectivity index (χ0) is 32.7. The van der Waals surface area contributed by atoms with Gasteiger partial charge in [-0.25, -0.2) is 0 Å². The van der Waals surface area contributed by atoms with E-state index >= 15 is 0 Å². The van der Waals surface area contributed by atoms with Gasteiger partial charge in [0.2, 0.25) is 0 Å². The van der Waals surface area contributed by atoms with Gasteiger partial charge in [0.1, 0.15) is 0 Å². The normalized spacial score (nSPS) is 14.2. The Labute approximate surface area is 287 Å². The number of aryl methyl sites for hydroxylation is 4. The summed E-state index contributed by atoms with van der Waals surface area (Å²) in [6.07, 6.45) is 32.6. The Kier molecular flexibility index (Phi) is 20.4. The van der Waals surface area contributed by atoms with Crippen LogP contribution < -0.4 is 0 Å². The Balaban J connectivity index is 1.30. The number of allylic oxidation sites excluding steroid dienone is 1. The van der Waals surface area contributed by atoms with Crippen LogP contribution in [0, 0.1) is 5.92 Å². The van der Waals surface area contributed by atoms with E-state index < -0.39 is 0 Å². The number of benzene rings is 2. The summed E-state index contributed by atoms with van der Waals surface area (Å²) < 4.78 is 0. The minimum Gasteiger partial charge on any atom is -0.299 e. The molecule has 1 heteroatoms. The molecule has 1 aliphatic heterocycles. The third-order valence-corrected chi connectivity index (χ3v) is 10.9. The summed E-state index contributed by atoms with van der Waals surface area (Å²) in [6, 6.07) is 16.2. The predicted molar refractivity (Wildman–Crippen MR) is 205 cm³/mol. The average molecular weight is 628 g/mol. The van der Waals surface area contributed by atoms with E-state index in [0.717, 1.165) is 25.3 Å². The third kappa shape index (κ3) is 15.8. The largest absolute Gasteiger partial charge is 0.299 e. The van der Waals surface area contributed by atoms with Gasteiger partial charge in [-0.1, -0.05) is 165 Å². The van der Waals surface area contributed by atoms with E-state index in [4.69, 9.17) is 0 Å². The van der Waals surface area contributed by atoms with E-state index in [1.807, 2.05) is 0 Å². The lowest BCUT2D eigenvalue weighted by Gasteiger charge is -2.32. The van der Waals surface area contributed by atoms with Gasteiger partial charge in [0.15, 0.2) is 0 Å². The maximum Gasteiger partial charge on any atom is 0.0233 e. The van der Waals surface area contributed by atoms with Crippen LogP contribution >= 0.6 is 0 Å². The van der Waals surface area contributed by atoms with Crippen LogP contribution in [0.25, 0.3) is 0 Å². The van der Waals surface area contributed by atoms with Gasteiger partial charge in [0.25, 0.3) is 0 Å². The first-order valence-electron chi connectivity index (χ1n) is 20.2. The molecule has 0 unspecified atom stereocenters. The topological polar surface area (TPSA) is 3.24 Å². The molecule has 0 amide bonds. The highest BCUT2D eigenvalue weighted by atomic mass is 15.1. The highest BCUT2D eigenvalue weighted by Gasteiger charge is 2.19. The van der Waals surface area contributed by atoms with Crippen molar-refractivity contribution in [2.24, 2.45) is 5.92 Å². The van der Waals surface area contributed by atoms with Crippen LogP contribution in [-0.2, 0) is 32.2 Å². The number of nitrogens with zero attached hydrogens (tertiary/aromatic N) is 1. The van der Waals surface area contributed by atoms with Crippen molar-refractivity contribution >= 4 is 0 Å². The fourth-order valence-electron chi connectivity index (χ4n) is 7.78. The second-order valence-electron chi connectivity index (χ2n) is 14.8. The summed E-state index contributed by atoms with van der Waals surface area (Å²) >= 11 is 0. The molecule has 0 aromatic heterocycles. The quantitative estimate of drug-likeness (QED) is 0.0741. The van der Waals surface area contributed by atoms with Crippen LogP contribution in [-0.4, -0.2) is 18.0 Å². The standard InChI is InChI=1S/C45H73N/c1-5-8-9-10-11-12-13-14-15-16-17-18-19-21-25-39(4)30-31-45-37-43(7-3)42(6-2)36-44(45)29-24-28-40-32-34-46(35-33-40)38-41-26-22-20-23-27-41/h20,22-23,26-27,36-37,40H,4-19,21,24-25,28-35,38H2,1-3H3.